The molecule has 100 valence electrons. The highest BCUT2D eigenvalue weighted by molar-refractivity contribution is 7.12. The number of rotatable bonds is 6. The highest BCUT2D eigenvalue weighted by Crippen LogP contribution is 2.16. The second-order valence-corrected chi connectivity index (χ2v) is 5.54. The minimum absolute atomic E-state index is 0.280. The standard InChI is InChI=1S/C13H19NO3S/c1-3-13(8-15,9-16)14-12(17)7-6-11-5-4-10(2)18-11/h4-7,15-16H,3,8-9H2,1-2H3,(H,14,17)/b7-6+. The van der Waals surface area contributed by atoms with Gasteiger partial charge in [0.2, 0.25) is 5.91 Å². The molecule has 0 bridgehead atoms. The highest BCUT2D eigenvalue weighted by atomic mass is 32.1. The van der Waals surface area contributed by atoms with Gasteiger partial charge in [-0.25, -0.2) is 0 Å². The molecule has 1 aromatic heterocycles. The van der Waals surface area contributed by atoms with Gasteiger partial charge in [0.25, 0.3) is 0 Å². The van der Waals surface area contributed by atoms with Gasteiger partial charge in [0.1, 0.15) is 0 Å². The van der Waals surface area contributed by atoms with Crippen LogP contribution in [0.15, 0.2) is 18.2 Å². The van der Waals surface area contributed by atoms with E-state index < -0.39 is 5.54 Å². The molecule has 0 unspecified atom stereocenters. The normalized spacial score (nSPS) is 12.0. The first-order valence-electron chi connectivity index (χ1n) is 5.83. The number of aliphatic hydroxyl groups is 2. The lowest BCUT2D eigenvalue weighted by Gasteiger charge is -2.28. The number of carbonyl (C=O) groups is 1. The third-order valence-corrected chi connectivity index (χ3v) is 3.80. The third kappa shape index (κ3) is 3.94. The molecule has 18 heavy (non-hydrogen) atoms. The fourth-order valence-electron chi connectivity index (χ4n) is 1.44. The van der Waals surface area contributed by atoms with Crippen molar-refractivity contribution in [2.24, 2.45) is 0 Å². The minimum atomic E-state index is -0.938. The van der Waals surface area contributed by atoms with Crippen LogP contribution < -0.4 is 5.32 Å². The van der Waals surface area contributed by atoms with E-state index in [1.54, 1.807) is 24.3 Å². The van der Waals surface area contributed by atoms with Gasteiger partial charge in [-0.05, 0) is 31.6 Å². The lowest BCUT2D eigenvalue weighted by Crippen LogP contribution is -2.53. The summed E-state index contributed by atoms with van der Waals surface area (Å²) in [5.41, 5.74) is -0.938. The quantitative estimate of drug-likeness (QED) is 0.682. The van der Waals surface area contributed by atoms with Crippen LogP contribution in [0, 0.1) is 6.92 Å². The summed E-state index contributed by atoms with van der Waals surface area (Å²) in [5, 5.41) is 21.1. The van der Waals surface area contributed by atoms with Crippen molar-refractivity contribution in [2.45, 2.75) is 25.8 Å². The molecule has 4 nitrogen and oxygen atoms in total. The fraction of sp³-hybridized carbons (Fsp3) is 0.462. The number of aryl methyl sites for hydroxylation is 1. The first kappa shape index (κ1) is 14.9. The Morgan fingerprint density at radius 2 is 2.11 bits per heavy atom. The Morgan fingerprint density at radius 1 is 1.44 bits per heavy atom. The minimum Gasteiger partial charge on any atom is -0.394 e. The molecular formula is C13H19NO3S. The second-order valence-electron chi connectivity index (χ2n) is 4.22. The Labute approximate surface area is 111 Å². The lowest BCUT2D eigenvalue weighted by atomic mass is 9.98. The van der Waals surface area contributed by atoms with E-state index in [4.69, 9.17) is 0 Å². The molecular weight excluding hydrogens is 250 g/mol. The van der Waals surface area contributed by atoms with Crippen molar-refractivity contribution in [3.8, 4) is 0 Å². The van der Waals surface area contributed by atoms with Crippen LogP contribution in [-0.4, -0.2) is 34.9 Å². The van der Waals surface area contributed by atoms with Crippen LogP contribution in [0.2, 0.25) is 0 Å². The van der Waals surface area contributed by atoms with Crippen molar-refractivity contribution in [3.05, 3.63) is 28.0 Å². The van der Waals surface area contributed by atoms with E-state index in [2.05, 4.69) is 5.32 Å². The Balaban J connectivity index is 2.63. The predicted octanol–water partition coefficient (Wildman–Crippen LogP) is 1.32. The summed E-state index contributed by atoms with van der Waals surface area (Å²) in [5.74, 6) is -0.314. The summed E-state index contributed by atoms with van der Waals surface area (Å²) in [6, 6.07) is 3.93. The van der Waals surface area contributed by atoms with Gasteiger partial charge in [-0.2, -0.15) is 0 Å². The number of aliphatic hydroxyl groups excluding tert-OH is 2. The van der Waals surface area contributed by atoms with Crippen LogP contribution in [-0.2, 0) is 4.79 Å². The van der Waals surface area contributed by atoms with Crippen molar-refractivity contribution in [1.29, 1.82) is 0 Å². The van der Waals surface area contributed by atoms with Crippen molar-refractivity contribution in [2.75, 3.05) is 13.2 Å². The summed E-state index contributed by atoms with van der Waals surface area (Å²) in [4.78, 5) is 13.9. The zero-order valence-electron chi connectivity index (χ0n) is 10.6. The van der Waals surface area contributed by atoms with E-state index >= 15 is 0 Å². The van der Waals surface area contributed by atoms with Gasteiger partial charge in [-0.1, -0.05) is 6.92 Å². The maximum absolute atomic E-state index is 11.7. The Kier molecular flexibility index (Phi) is 5.53. The molecule has 0 aliphatic heterocycles. The average molecular weight is 269 g/mol. The summed E-state index contributed by atoms with van der Waals surface area (Å²) in [6.45, 7) is 3.25. The van der Waals surface area contributed by atoms with Gasteiger partial charge in [0.05, 0.1) is 18.8 Å². The van der Waals surface area contributed by atoms with E-state index in [-0.39, 0.29) is 19.1 Å². The van der Waals surface area contributed by atoms with Crippen molar-refractivity contribution in [3.63, 3.8) is 0 Å². The maximum atomic E-state index is 11.7. The van der Waals surface area contributed by atoms with E-state index in [1.165, 1.54) is 11.0 Å². The molecule has 1 amide bonds. The zero-order valence-corrected chi connectivity index (χ0v) is 11.5. The number of hydrogen-bond donors (Lipinski definition) is 3. The smallest absolute Gasteiger partial charge is 0.244 e. The van der Waals surface area contributed by atoms with E-state index in [1.807, 2.05) is 19.1 Å². The number of hydrogen-bond acceptors (Lipinski definition) is 4. The molecule has 0 fully saturated rings. The van der Waals surface area contributed by atoms with Crippen molar-refractivity contribution < 1.29 is 15.0 Å². The summed E-state index contributed by atoms with van der Waals surface area (Å²) in [7, 11) is 0. The van der Waals surface area contributed by atoms with Gasteiger partial charge >= 0.3 is 0 Å². The van der Waals surface area contributed by atoms with E-state index in [0.29, 0.717) is 6.42 Å². The van der Waals surface area contributed by atoms with Crippen LogP contribution in [0.3, 0.4) is 0 Å². The third-order valence-electron chi connectivity index (χ3n) is 2.83. The molecule has 0 atom stereocenters. The maximum Gasteiger partial charge on any atom is 0.244 e. The average Bonchev–Trinajstić information content (AvgIpc) is 2.80. The van der Waals surface area contributed by atoms with Crippen LogP contribution >= 0.6 is 11.3 Å². The highest BCUT2D eigenvalue weighted by Gasteiger charge is 2.27. The SMILES string of the molecule is CCC(CO)(CO)NC(=O)/C=C/c1ccc(C)s1. The zero-order chi connectivity index (χ0) is 13.6. The largest absolute Gasteiger partial charge is 0.394 e. The molecule has 0 aliphatic rings. The van der Waals surface area contributed by atoms with Crippen LogP contribution in [0.5, 0.6) is 0 Å². The molecule has 1 rings (SSSR count). The predicted molar refractivity (Wildman–Crippen MR) is 73.4 cm³/mol. The van der Waals surface area contributed by atoms with Gasteiger partial charge in [-0.3, -0.25) is 4.79 Å². The number of amides is 1. The van der Waals surface area contributed by atoms with Gasteiger partial charge in [0, 0.05) is 15.8 Å². The molecule has 0 radical (unpaired) electrons. The molecule has 0 saturated heterocycles. The molecule has 0 aromatic carbocycles. The van der Waals surface area contributed by atoms with Crippen molar-refractivity contribution >= 4 is 23.3 Å². The Hall–Kier alpha value is -1.17. The first-order chi connectivity index (χ1) is 8.55. The van der Waals surface area contributed by atoms with Gasteiger partial charge in [0.15, 0.2) is 0 Å². The van der Waals surface area contributed by atoms with Gasteiger partial charge < -0.3 is 15.5 Å². The van der Waals surface area contributed by atoms with Crippen LogP contribution in [0.1, 0.15) is 23.1 Å². The molecule has 5 heteroatoms. The summed E-state index contributed by atoms with van der Waals surface area (Å²) in [6.07, 6.45) is 3.61. The topological polar surface area (TPSA) is 69.6 Å². The second kappa shape index (κ2) is 6.68. The van der Waals surface area contributed by atoms with Crippen LogP contribution in [0.25, 0.3) is 6.08 Å². The summed E-state index contributed by atoms with van der Waals surface area (Å²) < 4.78 is 0. The molecule has 3 N–H and O–H groups in total. The van der Waals surface area contributed by atoms with Crippen molar-refractivity contribution in [1.82, 2.24) is 5.32 Å². The van der Waals surface area contributed by atoms with Crippen LogP contribution in [0.4, 0.5) is 0 Å². The van der Waals surface area contributed by atoms with Gasteiger partial charge in [-0.15, -0.1) is 11.3 Å². The lowest BCUT2D eigenvalue weighted by molar-refractivity contribution is -0.119. The first-order valence-corrected chi connectivity index (χ1v) is 6.65. The Bertz CT molecular complexity index is 413. The molecule has 0 spiro atoms. The number of carbonyl (C=O) groups excluding carboxylic acids is 1. The van der Waals surface area contributed by atoms with E-state index in [9.17, 15) is 15.0 Å². The number of thiophene rings is 1. The monoisotopic (exact) mass is 269 g/mol. The molecule has 1 heterocycles. The Morgan fingerprint density at radius 3 is 2.56 bits per heavy atom. The molecule has 1 aromatic rings. The fourth-order valence-corrected chi connectivity index (χ4v) is 2.22. The molecule has 0 saturated carbocycles. The molecule has 0 aliphatic carbocycles. The summed E-state index contributed by atoms with van der Waals surface area (Å²) >= 11 is 1.60. The number of nitrogens with one attached hydrogen (secondary N) is 1. The van der Waals surface area contributed by atoms with E-state index in [0.717, 1.165) is 4.88 Å².